The minimum absolute atomic E-state index is 0.0825. The third-order valence-electron chi connectivity index (χ3n) is 6.23. The van der Waals surface area contributed by atoms with Crippen LogP contribution >= 0.6 is 46.5 Å². The molecule has 3 heterocycles. The van der Waals surface area contributed by atoms with Gasteiger partial charge in [0.15, 0.2) is 5.16 Å². The van der Waals surface area contributed by atoms with Crippen molar-refractivity contribution in [1.82, 2.24) is 25.0 Å². The zero-order valence-electron chi connectivity index (χ0n) is 21.9. The zero-order chi connectivity index (χ0) is 28.6. The summed E-state index contributed by atoms with van der Waals surface area (Å²) in [6.07, 6.45) is 3.11. The van der Waals surface area contributed by atoms with E-state index in [1.807, 2.05) is 35.7 Å². The van der Waals surface area contributed by atoms with Crippen LogP contribution in [0, 0.1) is 0 Å². The third-order valence-corrected chi connectivity index (χ3v) is 9.32. The Balaban J connectivity index is 1.15. The van der Waals surface area contributed by atoms with E-state index in [0.717, 1.165) is 28.9 Å². The molecule has 1 aliphatic rings. The number of hydrogen-bond donors (Lipinski definition) is 1. The van der Waals surface area contributed by atoms with Gasteiger partial charge in [-0.3, -0.25) is 19.3 Å². The summed E-state index contributed by atoms with van der Waals surface area (Å²) in [7, 11) is 0. The molecule has 0 spiro atoms. The summed E-state index contributed by atoms with van der Waals surface area (Å²) < 4.78 is 2.08. The maximum absolute atomic E-state index is 12.8. The number of benzene rings is 2. The summed E-state index contributed by atoms with van der Waals surface area (Å²) in [6, 6.07) is 21.4. The molecule has 41 heavy (non-hydrogen) atoms. The van der Waals surface area contributed by atoms with E-state index in [4.69, 9.17) is 11.6 Å². The average molecular weight is 624 g/mol. The van der Waals surface area contributed by atoms with Gasteiger partial charge < -0.3 is 9.88 Å². The summed E-state index contributed by atoms with van der Waals surface area (Å²) in [5.74, 6) is 0.381. The first-order valence-electron chi connectivity index (χ1n) is 12.9. The van der Waals surface area contributed by atoms with Gasteiger partial charge in [0.25, 0.3) is 11.1 Å². The maximum atomic E-state index is 12.8. The first-order chi connectivity index (χ1) is 20.0. The van der Waals surface area contributed by atoms with Crippen LogP contribution < -0.4 is 5.32 Å². The number of aromatic nitrogens is 3. The van der Waals surface area contributed by atoms with Gasteiger partial charge in [-0.2, -0.15) is 0 Å². The summed E-state index contributed by atoms with van der Waals surface area (Å²) in [6.45, 7) is 0.933. The van der Waals surface area contributed by atoms with Crippen molar-refractivity contribution < 1.29 is 14.4 Å². The molecule has 2 aromatic heterocycles. The van der Waals surface area contributed by atoms with E-state index >= 15 is 0 Å². The molecule has 2 aromatic carbocycles. The zero-order valence-corrected chi connectivity index (χ0v) is 25.1. The Morgan fingerprint density at radius 1 is 1.00 bits per heavy atom. The molecule has 1 aliphatic heterocycles. The number of aryl methyl sites for hydroxylation is 1. The van der Waals surface area contributed by atoms with Crippen molar-refractivity contribution >= 4 is 69.6 Å². The van der Waals surface area contributed by atoms with E-state index in [0.29, 0.717) is 33.6 Å². The molecule has 0 saturated carbocycles. The second kappa shape index (κ2) is 14.0. The number of carbonyl (C=O) groups is 3. The summed E-state index contributed by atoms with van der Waals surface area (Å²) in [5.41, 5.74) is 1.88. The molecule has 1 fully saturated rings. The number of hydrogen-bond acceptors (Lipinski definition) is 8. The van der Waals surface area contributed by atoms with Crippen LogP contribution in [0.25, 0.3) is 6.08 Å². The minimum atomic E-state index is -0.395. The lowest BCUT2D eigenvalue weighted by atomic mass is 10.1. The van der Waals surface area contributed by atoms with E-state index in [1.165, 1.54) is 22.2 Å². The highest BCUT2D eigenvalue weighted by Gasteiger charge is 2.34. The minimum Gasteiger partial charge on any atom is -0.354 e. The van der Waals surface area contributed by atoms with Crippen molar-refractivity contribution in [3.63, 3.8) is 0 Å². The van der Waals surface area contributed by atoms with Gasteiger partial charge in [0.05, 0.1) is 10.7 Å². The lowest BCUT2D eigenvalue weighted by Gasteiger charge is -2.13. The van der Waals surface area contributed by atoms with Crippen molar-refractivity contribution in [3.05, 3.63) is 104 Å². The van der Waals surface area contributed by atoms with Crippen molar-refractivity contribution in [2.75, 3.05) is 18.8 Å². The Bertz CT molecular complexity index is 1560. The van der Waals surface area contributed by atoms with E-state index in [9.17, 15) is 14.4 Å². The average Bonchev–Trinajstić information content (AvgIpc) is 3.69. The molecule has 3 amide bonds. The predicted molar refractivity (Wildman–Crippen MR) is 165 cm³/mol. The molecule has 5 rings (SSSR count). The topological polar surface area (TPSA) is 97.2 Å². The van der Waals surface area contributed by atoms with Crippen LogP contribution in [0.4, 0.5) is 4.79 Å². The van der Waals surface area contributed by atoms with Gasteiger partial charge in [0.1, 0.15) is 5.82 Å². The molecular formula is C29H26ClN5O3S3. The second-order valence-electron chi connectivity index (χ2n) is 9.04. The number of rotatable bonds is 12. The Morgan fingerprint density at radius 3 is 2.59 bits per heavy atom. The van der Waals surface area contributed by atoms with Crippen molar-refractivity contribution in [2.45, 2.75) is 24.5 Å². The van der Waals surface area contributed by atoms with Crippen LogP contribution in [0.5, 0.6) is 0 Å². The fourth-order valence-corrected chi connectivity index (χ4v) is 6.71. The number of nitrogens with one attached hydrogen (secondary N) is 1. The first kappa shape index (κ1) is 29.1. The van der Waals surface area contributed by atoms with E-state index < -0.39 is 5.91 Å². The highest BCUT2D eigenvalue weighted by molar-refractivity contribution is 8.18. The number of thiophene rings is 1. The number of carbonyl (C=O) groups excluding carboxylic acids is 3. The fraction of sp³-hybridized carbons (Fsp3) is 0.207. The summed E-state index contributed by atoms with van der Waals surface area (Å²) in [5, 5.41) is 14.4. The van der Waals surface area contributed by atoms with Gasteiger partial charge in [-0.05, 0) is 52.9 Å². The van der Waals surface area contributed by atoms with Crippen molar-refractivity contribution in [2.24, 2.45) is 0 Å². The summed E-state index contributed by atoms with van der Waals surface area (Å²) >= 11 is 10.0. The van der Waals surface area contributed by atoms with Gasteiger partial charge in [0.2, 0.25) is 5.91 Å². The number of amides is 3. The van der Waals surface area contributed by atoms with Gasteiger partial charge in [0, 0.05) is 36.0 Å². The van der Waals surface area contributed by atoms with Gasteiger partial charge >= 0.3 is 0 Å². The second-order valence-corrected chi connectivity index (χ2v) is 12.4. The first-order valence-corrected chi connectivity index (χ1v) is 15.9. The van der Waals surface area contributed by atoms with E-state index in [2.05, 4.69) is 38.3 Å². The van der Waals surface area contributed by atoms with Crippen LogP contribution in [-0.4, -0.2) is 55.6 Å². The Kier molecular flexibility index (Phi) is 9.94. The largest absolute Gasteiger partial charge is 0.354 e. The van der Waals surface area contributed by atoms with Crippen molar-refractivity contribution in [1.29, 1.82) is 0 Å². The molecule has 1 N–H and O–H groups in total. The number of imide groups is 1. The Labute approximate surface area is 255 Å². The van der Waals surface area contributed by atoms with Crippen molar-refractivity contribution in [3.8, 4) is 0 Å². The van der Waals surface area contributed by atoms with Gasteiger partial charge in [-0.25, -0.2) is 0 Å². The summed E-state index contributed by atoms with van der Waals surface area (Å²) in [4.78, 5) is 40.5. The van der Waals surface area contributed by atoms with Crippen LogP contribution in [0.3, 0.4) is 0 Å². The quantitative estimate of drug-likeness (QED) is 0.158. The lowest BCUT2D eigenvalue weighted by Crippen LogP contribution is -2.37. The lowest BCUT2D eigenvalue weighted by molar-refractivity contribution is -0.123. The van der Waals surface area contributed by atoms with Crippen LogP contribution in [0.2, 0.25) is 5.02 Å². The third kappa shape index (κ3) is 7.68. The smallest absolute Gasteiger partial charge is 0.293 e. The molecule has 4 aromatic rings. The highest BCUT2D eigenvalue weighted by atomic mass is 35.5. The van der Waals surface area contributed by atoms with Crippen LogP contribution in [-0.2, 0) is 29.0 Å². The molecule has 0 aliphatic carbocycles. The maximum Gasteiger partial charge on any atom is 0.293 e. The predicted octanol–water partition coefficient (Wildman–Crippen LogP) is 5.77. The Morgan fingerprint density at radius 2 is 1.80 bits per heavy atom. The molecule has 0 unspecified atom stereocenters. The molecular weight excluding hydrogens is 598 g/mol. The SMILES string of the molecule is O=C(CSc1nnc(Cc2cccs2)n1CCc1ccccc1)NCCN1C(=O)S/C(=C\c2ccccc2Cl)C1=O. The standard InChI is InChI=1S/C29H26ClN5O3S3/c30-23-11-5-4-9-21(23)17-24-27(37)35(29(38)41-24)15-13-31-26(36)19-40-28-33-32-25(18-22-10-6-16-39-22)34(28)14-12-20-7-2-1-3-8-20/h1-11,16-17H,12-15,18-19H2,(H,31,36)/b24-17-. The fourth-order valence-electron chi connectivity index (χ4n) is 4.15. The Hall–Kier alpha value is -3.38. The monoisotopic (exact) mass is 623 g/mol. The number of halogens is 1. The van der Waals surface area contributed by atoms with Gasteiger partial charge in [-0.15, -0.1) is 21.5 Å². The number of thioether (sulfide) groups is 2. The molecule has 210 valence electrons. The van der Waals surface area contributed by atoms with E-state index in [-0.39, 0.29) is 30.0 Å². The molecule has 8 nitrogen and oxygen atoms in total. The molecule has 12 heteroatoms. The molecule has 0 radical (unpaired) electrons. The van der Waals surface area contributed by atoms with Crippen LogP contribution in [0.1, 0.15) is 21.8 Å². The molecule has 1 saturated heterocycles. The molecule has 0 atom stereocenters. The normalized spacial score (nSPS) is 14.3. The van der Waals surface area contributed by atoms with Crippen LogP contribution in [0.15, 0.2) is 82.2 Å². The number of nitrogens with zero attached hydrogens (tertiary/aromatic N) is 4. The van der Waals surface area contributed by atoms with E-state index in [1.54, 1.807) is 35.6 Å². The molecule has 0 bridgehead atoms. The van der Waals surface area contributed by atoms with Gasteiger partial charge in [-0.1, -0.05) is 78.0 Å². The highest BCUT2D eigenvalue weighted by Crippen LogP contribution is 2.33.